The van der Waals surface area contributed by atoms with Gasteiger partial charge in [-0.2, -0.15) is 5.10 Å². The smallest absolute Gasteiger partial charge is 0.259 e. The van der Waals surface area contributed by atoms with Crippen LogP contribution in [-0.2, 0) is 4.79 Å². The molecule has 3 N–H and O–H groups in total. The highest BCUT2D eigenvalue weighted by Gasteiger charge is 2.08. The standard InChI is InChI=1S/C20H17Br2N3O2/c1-12-8-16(21)20(17(22)9-12)23-11-19(27)25-24-10-15-14-5-3-2-4-13(14)6-7-18(15)26/h2-10,23,26H,11H2,1H3,(H,25,27). The fraction of sp³-hybridized carbons (Fsp3) is 0.100. The summed E-state index contributed by atoms with van der Waals surface area (Å²) in [6, 6.07) is 15.0. The summed E-state index contributed by atoms with van der Waals surface area (Å²) >= 11 is 6.96. The van der Waals surface area contributed by atoms with E-state index in [1.807, 2.05) is 49.4 Å². The molecule has 0 fully saturated rings. The second kappa shape index (κ2) is 8.54. The minimum Gasteiger partial charge on any atom is -0.507 e. The summed E-state index contributed by atoms with van der Waals surface area (Å²) in [7, 11) is 0. The van der Waals surface area contributed by atoms with Crippen molar-refractivity contribution in [1.82, 2.24) is 5.43 Å². The number of phenolic OH excluding ortho intramolecular Hbond substituents is 1. The lowest BCUT2D eigenvalue weighted by molar-refractivity contribution is -0.119. The number of fused-ring (bicyclic) bond motifs is 1. The van der Waals surface area contributed by atoms with Gasteiger partial charge in [-0.15, -0.1) is 0 Å². The van der Waals surface area contributed by atoms with E-state index < -0.39 is 0 Å². The number of benzene rings is 3. The van der Waals surface area contributed by atoms with Gasteiger partial charge in [-0.1, -0.05) is 30.3 Å². The predicted molar refractivity (Wildman–Crippen MR) is 116 cm³/mol. The molecule has 0 aromatic heterocycles. The molecule has 0 aliphatic heterocycles. The van der Waals surface area contributed by atoms with Crippen LogP contribution in [0.15, 0.2) is 62.6 Å². The number of nitrogens with one attached hydrogen (secondary N) is 2. The van der Waals surface area contributed by atoms with E-state index in [0.717, 1.165) is 31.0 Å². The van der Waals surface area contributed by atoms with E-state index in [-0.39, 0.29) is 18.2 Å². The Labute approximate surface area is 173 Å². The van der Waals surface area contributed by atoms with Crippen LogP contribution in [0.25, 0.3) is 10.8 Å². The molecular weight excluding hydrogens is 474 g/mol. The second-order valence-corrected chi connectivity index (χ2v) is 7.68. The zero-order valence-electron chi connectivity index (χ0n) is 14.5. The lowest BCUT2D eigenvalue weighted by Crippen LogP contribution is -2.26. The van der Waals surface area contributed by atoms with Crippen LogP contribution in [0.4, 0.5) is 5.69 Å². The third-order valence-electron chi connectivity index (χ3n) is 3.94. The Balaban J connectivity index is 1.66. The van der Waals surface area contributed by atoms with Crippen molar-refractivity contribution in [3.8, 4) is 5.75 Å². The van der Waals surface area contributed by atoms with Crippen molar-refractivity contribution in [1.29, 1.82) is 0 Å². The number of hydrazone groups is 1. The van der Waals surface area contributed by atoms with Crippen molar-refractivity contribution < 1.29 is 9.90 Å². The van der Waals surface area contributed by atoms with Crippen molar-refractivity contribution >= 4 is 60.4 Å². The van der Waals surface area contributed by atoms with Crippen LogP contribution < -0.4 is 10.7 Å². The molecule has 0 heterocycles. The molecule has 0 saturated heterocycles. The van der Waals surface area contributed by atoms with Gasteiger partial charge in [0.05, 0.1) is 18.4 Å². The number of rotatable bonds is 5. The quantitative estimate of drug-likeness (QED) is 0.350. The van der Waals surface area contributed by atoms with E-state index in [9.17, 15) is 9.90 Å². The third-order valence-corrected chi connectivity index (χ3v) is 5.19. The van der Waals surface area contributed by atoms with Crippen LogP contribution >= 0.6 is 31.9 Å². The monoisotopic (exact) mass is 489 g/mol. The number of aryl methyl sites for hydroxylation is 1. The molecule has 0 unspecified atom stereocenters. The van der Waals surface area contributed by atoms with E-state index in [1.165, 1.54) is 6.21 Å². The lowest BCUT2D eigenvalue weighted by Gasteiger charge is -2.11. The molecule has 0 spiro atoms. The number of hydrogen-bond donors (Lipinski definition) is 3. The maximum absolute atomic E-state index is 12.1. The number of nitrogens with zero attached hydrogens (tertiary/aromatic N) is 1. The highest BCUT2D eigenvalue weighted by molar-refractivity contribution is 9.11. The van der Waals surface area contributed by atoms with Crippen molar-refractivity contribution in [2.45, 2.75) is 6.92 Å². The van der Waals surface area contributed by atoms with E-state index in [0.29, 0.717) is 5.56 Å². The molecule has 0 aliphatic carbocycles. The van der Waals surface area contributed by atoms with Crippen LogP contribution in [0.1, 0.15) is 11.1 Å². The fourth-order valence-corrected chi connectivity index (χ4v) is 4.36. The van der Waals surface area contributed by atoms with Crippen LogP contribution in [0, 0.1) is 6.92 Å². The second-order valence-electron chi connectivity index (χ2n) is 5.97. The van der Waals surface area contributed by atoms with Gasteiger partial charge >= 0.3 is 0 Å². The molecule has 3 aromatic rings. The Morgan fingerprint density at radius 1 is 1.15 bits per heavy atom. The van der Waals surface area contributed by atoms with Crippen LogP contribution in [0.2, 0.25) is 0 Å². The van der Waals surface area contributed by atoms with Crippen LogP contribution in [-0.4, -0.2) is 23.8 Å². The molecule has 0 saturated carbocycles. The molecule has 0 aliphatic rings. The number of phenols is 1. The van der Waals surface area contributed by atoms with E-state index in [4.69, 9.17) is 0 Å². The Hall–Kier alpha value is -2.38. The number of anilines is 1. The minimum atomic E-state index is -0.301. The zero-order chi connectivity index (χ0) is 19.4. The Kier molecular flexibility index (Phi) is 6.13. The van der Waals surface area contributed by atoms with Gasteiger partial charge in [0.2, 0.25) is 0 Å². The molecule has 5 nitrogen and oxygen atoms in total. The van der Waals surface area contributed by atoms with Gasteiger partial charge in [0.25, 0.3) is 5.91 Å². The number of amides is 1. The lowest BCUT2D eigenvalue weighted by atomic mass is 10.0. The third kappa shape index (κ3) is 4.67. The van der Waals surface area contributed by atoms with Crippen molar-refractivity contribution in [3.63, 3.8) is 0 Å². The normalized spacial score (nSPS) is 11.1. The minimum absolute atomic E-state index is 0.0547. The first-order chi connectivity index (χ1) is 13.0. The Bertz CT molecular complexity index is 1010. The molecule has 3 aromatic carbocycles. The Morgan fingerprint density at radius 2 is 1.85 bits per heavy atom. The highest BCUT2D eigenvalue weighted by Crippen LogP contribution is 2.32. The largest absolute Gasteiger partial charge is 0.507 e. The summed E-state index contributed by atoms with van der Waals surface area (Å²) in [6.45, 7) is 2.04. The van der Waals surface area contributed by atoms with Gasteiger partial charge in [0, 0.05) is 14.5 Å². The number of aromatic hydroxyl groups is 1. The van der Waals surface area contributed by atoms with E-state index in [1.54, 1.807) is 6.07 Å². The van der Waals surface area contributed by atoms with Crippen LogP contribution in [0.5, 0.6) is 5.75 Å². The summed E-state index contributed by atoms with van der Waals surface area (Å²) in [4.78, 5) is 12.1. The average molecular weight is 491 g/mol. The SMILES string of the molecule is Cc1cc(Br)c(NCC(=O)NN=Cc2c(O)ccc3ccccc23)c(Br)c1. The molecule has 27 heavy (non-hydrogen) atoms. The summed E-state index contributed by atoms with van der Waals surface area (Å²) in [5, 5.41) is 19.0. The molecule has 0 bridgehead atoms. The molecule has 0 radical (unpaired) electrons. The van der Waals surface area contributed by atoms with E-state index in [2.05, 4.69) is 47.7 Å². The first kappa shape index (κ1) is 19.4. The van der Waals surface area contributed by atoms with Gasteiger partial charge in [0.1, 0.15) is 5.75 Å². The fourth-order valence-electron chi connectivity index (χ4n) is 2.67. The average Bonchev–Trinajstić information content (AvgIpc) is 2.62. The van der Waals surface area contributed by atoms with Crippen LogP contribution in [0.3, 0.4) is 0 Å². The summed E-state index contributed by atoms with van der Waals surface area (Å²) in [5.74, 6) is -0.192. The van der Waals surface area contributed by atoms with Crippen molar-refractivity contribution in [2.75, 3.05) is 11.9 Å². The van der Waals surface area contributed by atoms with E-state index >= 15 is 0 Å². The molecule has 7 heteroatoms. The van der Waals surface area contributed by atoms with Gasteiger partial charge in [-0.25, -0.2) is 5.43 Å². The maximum Gasteiger partial charge on any atom is 0.259 e. The van der Waals surface area contributed by atoms with Gasteiger partial charge in [-0.05, 0) is 73.3 Å². The van der Waals surface area contributed by atoms with Crippen molar-refractivity contribution in [3.05, 3.63) is 68.6 Å². The Morgan fingerprint density at radius 3 is 2.59 bits per heavy atom. The van der Waals surface area contributed by atoms with Gasteiger partial charge in [0.15, 0.2) is 0 Å². The first-order valence-corrected chi connectivity index (χ1v) is 9.76. The summed E-state index contributed by atoms with van der Waals surface area (Å²) < 4.78 is 1.73. The van der Waals surface area contributed by atoms with Gasteiger partial charge in [-0.3, -0.25) is 4.79 Å². The predicted octanol–water partition coefficient (Wildman–Crippen LogP) is 4.94. The molecule has 1 amide bonds. The molecule has 138 valence electrons. The zero-order valence-corrected chi connectivity index (χ0v) is 17.6. The summed E-state index contributed by atoms with van der Waals surface area (Å²) in [5.41, 5.74) is 4.93. The topological polar surface area (TPSA) is 73.7 Å². The molecular formula is C20H17Br2N3O2. The first-order valence-electron chi connectivity index (χ1n) is 8.18. The maximum atomic E-state index is 12.1. The number of halogens is 2. The highest BCUT2D eigenvalue weighted by atomic mass is 79.9. The molecule has 0 atom stereocenters. The number of carbonyl (C=O) groups is 1. The molecule has 3 rings (SSSR count). The van der Waals surface area contributed by atoms with Crippen molar-refractivity contribution in [2.24, 2.45) is 5.10 Å². The summed E-state index contributed by atoms with van der Waals surface area (Å²) in [6.07, 6.45) is 1.45. The van der Waals surface area contributed by atoms with Gasteiger partial charge < -0.3 is 10.4 Å². The number of hydrogen-bond acceptors (Lipinski definition) is 4. The number of carbonyl (C=O) groups excluding carboxylic acids is 1.